The molecule has 6 nitrogen and oxygen atoms in total. The monoisotopic (exact) mass is 422 g/mol. The van der Waals surface area contributed by atoms with Crippen molar-refractivity contribution in [2.75, 3.05) is 57.3 Å². The van der Waals surface area contributed by atoms with E-state index in [4.69, 9.17) is 4.98 Å². The maximum Gasteiger partial charge on any atom is 0.143 e. The van der Waals surface area contributed by atoms with Gasteiger partial charge in [0.25, 0.3) is 0 Å². The second-order valence-corrected chi connectivity index (χ2v) is 7.92. The molecule has 6 heteroatoms. The van der Waals surface area contributed by atoms with Crippen LogP contribution in [0.1, 0.15) is 27.7 Å². The Labute approximate surface area is 187 Å². The molecule has 0 radical (unpaired) electrons. The van der Waals surface area contributed by atoms with E-state index in [1.165, 1.54) is 11.3 Å². The first kappa shape index (κ1) is 23.2. The summed E-state index contributed by atoms with van der Waals surface area (Å²) in [6, 6.07) is 10.7. The van der Waals surface area contributed by atoms with Crippen LogP contribution in [-0.4, -0.2) is 76.7 Å². The second kappa shape index (κ2) is 11.3. The molecule has 0 saturated carbocycles. The molecule has 0 fully saturated rings. The lowest BCUT2D eigenvalue weighted by Gasteiger charge is -2.31. The SMILES string of the molecule is CCN(CC)CCN(CCN(CC)CC)c1ccccc1-c1nc2cnccc2n1C. The van der Waals surface area contributed by atoms with Gasteiger partial charge in [0.05, 0.1) is 11.7 Å². The van der Waals surface area contributed by atoms with Gasteiger partial charge in [0.15, 0.2) is 0 Å². The van der Waals surface area contributed by atoms with E-state index in [9.17, 15) is 0 Å². The topological polar surface area (TPSA) is 40.4 Å². The number of imidazole rings is 1. The van der Waals surface area contributed by atoms with Crippen LogP contribution in [0.2, 0.25) is 0 Å². The summed E-state index contributed by atoms with van der Waals surface area (Å²) >= 11 is 0. The molecule has 168 valence electrons. The standard InChI is InChI=1S/C25H38N6/c1-6-29(7-2)16-18-31(19-17-30(8-3)9-4)23-13-11-10-12-21(23)25-27-22-20-26-15-14-24(22)28(25)5/h10-15,20H,6-9,16-19H2,1-5H3. The Kier molecular flexibility index (Phi) is 8.43. The van der Waals surface area contributed by atoms with Gasteiger partial charge in [-0.2, -0.15) is 0 Å². The Morgan fingerprint density at radius 3 is 2.00 bits per heavy atom. The van der Waals surface area contributed by atoms with E-state index in [1.54, 1.807) is 0 Å². The van der Waals surface area contributed by atoms with Crippen LogP contribution in [0.3, 0.4) is 0 Å². The molecule has 3 aromatic rings. The van der Waals surface area contributed by atoms with Crippen LogP contribution < -0.4 is 4.90 Å². The van der Waals surface area contributed by atoms with Crippen molar-refractivity contribution in [2.45, 2.75) is 27.7 Å². The first-order valence-corrected chi connectivity index (χ1v) is 11.7. The minimum atomic E-state index is 0.938. The second-order valence-electron chi connectivity index (χ2n) is 7.92. The smallest absolute Gasteiger partial charge is 0.143 e. The summed E-state index contributed by atoms with van der Waals surface area (Å²) in [6.07, 6.45) is 3.68. The lowest BCUT2D eigenvalue weighted by atomic mass is 10.1. The van der Waals surface area contributed by atoms with Crippen LogP contribution in [0.25, 0.3) is 22.4 Å². The van der Waals surface area contributed by atoms with Crippen LogP contribution in [0.15, 0.2) is 42.7 Å². The van der Waals surface area contributed by atoms with E-state index in [2.05, 4.69) is 83.3 Å². The number of para-hydroxylation sites is 1. The molecular weight excluding hydrogens is 384 g/mol. The highest BCUT2D eigenvalue weighted by Crippen LogP contribution is 2.32. The molecule has 0 bridgehead atoms. The number of aromatic nitrogens is 3. The maximum absolute atomic E-state index is 4.93. The fraction of sp³-hybridized carbons (Fsp3) is 0.520. The Morgan fingerprint density at radius 2 is 1.42 bits per heavy atom. The van der Waals surface area contributed by atoms with Gasteiger partial charge in [-0.05, 0) is 44.4 Å². The molecule has 0 N–H and O–H groups in total. The highest BCUT2D eigenvalue weighted by Gasteiger charge is 2.18. The largest absolute Gasteiger partial charge is 0.368 e. The first-order chi connectivity index (χ1) is 15.1. The summed E-state index contributed by atoms with van der Waals surface area (Å²) in [4.78, 5) is 16.7. The van der Waals surface area contributed by atoms with Crippen molar-refractivity contribution in [3.8, 4) is 11.4 Å². The molecule has 3 rings (SSSR count). The van der Waals surface area contributed by atoms with Gasteiger partial charge < -0.3 is 19.3 Å². The number of aryl methyl sites for hydroxylation is 1. The van der Waals surface area contributed by atoms with E-state index in [0.717, 1.165) is 69.2 Å². The first-order valence-electron chi connectivity index (χ1n) is 11.7. The van der Waals surface area contributed by atoms with Crippen molar-refractivity contribution < 1.29 is 0 Å². The van der Waals surface area contributed by atoms with Crippen molar-refractivity contribution in [1.29, 1.82) is 0 Å². The summed E-state index contributed by atoms with van der Waals surface area (Å²) in [5.41, 5.74) is 4.48. The van der Waals surface area contributed by atoms with Gasteiger partial charge in [0, 0.05) is 50.7 Å². The molecule has 2 heterocycles. The van der Waals surface area contributed by atoms with Crippen LogP contribution >= 0.6 is 0 Å². The third-order valence-electron chi connectivity index (χ3n) is 6.33. The van der Waals surface area contributed by atoms with Crippen LogP contribution in [-0.2, 0) is 7.05 Å². The maximum atomic E-state index is 4.93. The van der Waals surface area contributed by atoms with Crippen LogP contribution in [0, 0.1) is 0 Å². The van der Waals surface area contributed by atoms with E-state index >= 15 is 0 Å². The number of nitrogens with zero attached hydrogens (tertiary/aromatic N) is 6. The predicted molar refractivity (Wildman–Crippen MR) is 132 cm³/mol. The molecule has 0 atom stereocenters. The van der Waals surface area contributed by atoms with Crippen molar-refractivity contribution >= 4 is 16.7 Å². The van der Waals surface area contributed by atoms with Gasteiger partial charge in [-0.1, -0.05) is 39.8 Å². The predicted octanol–water partition coefficient (Wildman–Crippen LogP) is 4.13. The quantitative estimate of drug-likeness (QED) is 0.439. The molecule has 0 aliphatic rings. The number of benzene rings is 1. The van der Waals surface area contributed by atoms with E-state index in [-0.39, 0.29) is 0 Å². The lowest BCUT2D eigenvalue weighted by molar-refractivity contribution is 0.294. The number of fused-ring (bicyclic) bond motifs is 1. The molecular formula is C25H38N6. The number of pyridine rings is 1. The van der Waals surface area contributed by atoms with Gasteiger partial charge in [0.1, 0.15) is 11.3 Å². The molecule has 0 unspecified atom stereocenters. The normalized spacial score (nSPS) is 11.7. The zero-order valence-corrected chi connectivity index (χ0v) is 19.9. The van der Waals surface area contributed by atoms with Gasteiger partial charge >= 0.3 is 0 Å². The summed E-state index contributed by atoms with van der Waals surface area (Å²) < 4.78 is 2.18. The molecule has 1 aromatic carbocycles. The number of rotatable bonds is 12. The fourth-order valence-electron chi connectivity index (χ4n) is 4.19. The average molecular weight is 423 g/mol. The molecule has 0 amide bonds. The minimum absolute atomic E-state index is 0.938. The zero-order chi connectivity index (χ0) is 22.2. The van der Waals surface area contributed by atoms with Gasteiger partial charge in [0.2, 0.25) is 0 Å². The Hall–Kier alpha value is -2.44. The summed E-state index contributed by atoms with van der Waals surface area (Å²) in [7, 11) is 2.09. The zero-order valence-electron chi connectivity index (χ0n) is 19.9. The third kappa shape index (κ3) is 5.43. The van der Waals surface area contributed by atoms with E-state index in [1.807, 2.05) is 18.5 Å². The van der Waals surface area contributed by atoms with Gasteiger partial charge in [-0.25, -0.2) is 4.98 Å². The van der Waals surface area contributed by atoms with Gasteiger partial charge in [-0.3, -0.25) is 4.98 Å². The Morgan fingerprint density at radius 1 is 0.806 bits per heavy atom. The Bertz CT molecular complexity index is 926. The van der Waals surface area contributed by atoms with Crippen molar-refractivity contribution in [3.05, 3.63) is 42.7 Å². The number of anilines is 1. The van der Waals surface area contributed by atoms with Gasteiger partial charge in [-0.15, -0.1) is 0 Å². The van der Waals surface area contributed by atoms with Crippen LogP contribution in [0.5, 0.6) is 0 Å². The van der Waals surface area contributed by atoms with E-state index < -0.39 is 0 Å². The Balaban J connectivity index is 1.96. The molecule has 0 saturated heterocycles. The molecule has 0 aliphatic carbocycles. The van der Waals surface area contributed by atoms with Crippen LogP contribution in [0.4, 0.5) is 5.69 Å². The van der Waals surface area contributed by atoms with Crippen molar-refractivity contribution in [1.82, 2.24) is 24.3 Å². The number of hydrogen-bond donors (Lipinski definition) is 0. The molecule has 0 aliphatic heterocycles. The summed E-state index contributed by atoms with van der Waals surface area (Å²) in [6.45, 7) is 17.4. The molecule has 0 spiro atoms. The average Bonchev–Trinajstić information content (AvgIpc) is 3.15. The third-order valence-corrected chi connectivity index (χ3v) is 6.33. The fourth-order valence-corrected chi connectivity index (χ4v) is 4.19. The summed E-state index contributed by atoms with van der Waals surface area (Å²) in [5, 5.41) is 0. The van der Waals surface area contributed by atoms with E-state index in [0.29, 0.717) is 0 Å². The molecule has 31 heavy (non-hydrogen) atoms. The number of hydrogen-bond acceptors (Lipinski definition) is 5. The van der Waals surface area contributed by atoms with Crippen molar-refractivity contribution in [2.24, 2.45) is 7.05 Å². The number of likely N-dealkylation sites (N-methyl/N-ethyl adjacent to an activating group) is 2. The minimum Gasteiger partial charge on any atom is -0.368 e. The van der Waals surface area contributed by atoms with Crippen molar-refractivity contribution in [3.63, 3.8) is 0 Å². The lowest BCUT2D eigenvalue weighted by Crippen LogP contribution is -2.40. The molecule has 2 aromatic heterocycles. The highest BCUT2D eigenvalue weighted by molar-refractivity contribution is 5.83. The summed E-state index contributed by atoms with van der Waals surface area (Å²) in [5.74, 6) is 0.995. The highest BCUT2D eigenvalue weighted by atomic mass is 15.2.